The van der Waals surface area contributed by atoms with Crippen molar-refractivity contribution in [2.45, 2.75) is 62.7 Å². The highest BCUT2D eigenvalue weighted by atomic mass is 32.2. The van der Waals surface area contributed by atoms with Gasteiger partial charge in [0.25, 0.3) is 0 Å². The van der Waals surface area contributed by atoms with Gasteiger partial charge in [-0.15, -0.1) is 0 Å². The molecule has 0 N–H and O–H groups in total. The van der Waals surface area contributed by atoms with Crippen LogP contribution >= 0.6 is 0 Å². The van der Waals surface area contributed by atoms with Crippen LogP contribution in [0.3, 0.4) is 0 Å². The molecule has 0 bridgehead atoms. The number of hydrogen-bond acceptors (Lipinski definition) is 3. The van der Waals surface area contributed by atoms with Crippen molar-refractivity contribution in [3.63, 3.8) is 0 Å². The Bertz CT molecular complexity index is 441. The van der Waals surface area contributed by atoms with Crippen molar-refractivity contribution in [2.75, 3.05) is 6.54 Å². The number of ketones is 1. The number of carbonyl (C=O) groups excluding carboxylic acids is 1. The molecular formula is C13H21NO3S. The lowest BCUT2D eigenvalue weighted by molar-refractivity contribution is -0.126. The molecule has 0 radical (unpaired) electrons. The Hall–Kier alpha value is -0.420. The number of carbonyl (C=O) groups is 1. The third-order valence-corrected chi connectivity index (χ3v) is 7.01. The summed E-state index contributed by atoms with van der Waals surface area (Å²) >= 11 is 0. The lowest BCUT2D eigenvalue weighted by Gasteiger charge is -2.32. The van der Waals surface area contributed by atoms with Gasteiger partial charge in [0.2, 0.25) is 10.0 Å². The second-order valence-corrected chi connectivity index (χ2v) is 8.05. The Balaban J connectivity index is 1.80. The van der Waals surface area contributed by atoms with Gasteiger partial charge in [-0.25, -0.2) is 8.42 Å². The van der Waals surface area contributed by atoms with Crippen LogP contribution in [0.25, 0.3) is 0 Å². The summed E-state index contributed by atoms with van der Waals surface area (Å²) in [6.45, 7) is 0.632. The molecule has 102 valence electrons. The molecule has 2 saturated carbocycles. The maximum atomic E-state index is 12.4. The molecule has 1 aliphatic heterocycles. The molecule has 18 heavy (non-hydrogen) atoms. The minimum absolute atomic E-state index is 0.0187. The average molecular weight is 271 g/mol. The molecule has 1 heterocycles. The smallest absolute Gasteiger partial charge is 0.217 e. The zero-order valence-corrected chi connectivity index (χ0v) is 11.5. The minimum Gasteiger partial charge on any atom is -0.299 e. The fourth-order valence-corrected chi connectivity index (χ4v) is 5.59. The molecule has 0 aromatic rings. The molecule has 0 unspecified atom stereocenters. The lowest BCUT2D eigenvalue weighted by atomic mass is 9.82. The van der Waals surface area contributed by atoms with Crippen LogP contribution in [0.2, 0.25) is 0 Å². The van der Waals surface area contributed by atoms with E-state index < -0.39 is 10.0 Å². The first-order valence-corrected chi connectivity index (χ1v) is 8.64. The number of sulfonamides is 1. The Morgan fingerprint density at radius 1 is 1.00 bits per heavy atom. The van der Waals surface area contributed by atoms with Gasteiger partial charge < -0.3 is 0 Å². The van der Waals surface area contributed by atoms with Crippen molar-refractivity contribution in [1.29, 1.82) is 0 Å². The van der Waals surface area contributed by atoms with Crippen molar-refractivity contribution < 1.29 is 13.2 Å². The van der Waals surface area contributed by atoms with E-state index in [4.69, 9.17) is 0 Å². The molecule has 0 amide bonds. The zero-order valence-electron chi connectivity index (χ0n) is 10.7. The third kappa shape index (κ3) is 2.11. The van der Waals surface area contributed by atoms with E-state index in [-0.39, 0.29) is 17.2 Å². The first-order chi connectivity index (χ1) is 8.60. The van der Waals surface area contributed by atoms with Crippen LogP contribution in [0.1, 0.15) is 51.4 Å². The highest BCUT2D eigenvalue weighted by Gasteiger charge is 2.47. The van der Waals surface area contributed by atoms with Gasteiger partial charge in [0, 0.05) is 24.9 Å². The zero-order chi connectivity index (χ0) is 12.8. The van der Waals surface area contributed by atoms with Gasteiger partial charge in [-0.1, -0.05) is 6.42 Å². The fraction of sp³-hybridized carbons (Fsp3) is 0.923. The maximum Gasteiger partial charge on any atom is 0.217 e. The standard InChI is InChI=1S/C13H21NO3S/c15-13-6-2-1-4-11(13)12-5-3-9-14(12)18(16,17)10-7-8-10/h10-12H,1-9H2/t11-,12-/m0/s1. The molecular weight excluding hydrogens is 250 g/mol. The summed E-state index contributed by atoms with van der Waals surface area (Å²) in [6.07, 6.45) is 7.01. The van der Waals surface area contributed by atoms with E-state index >= 15 is 0 Å². The first kappa shape index (κ1) is 12.6. The van der Waals surface area contributed by atoms with Crippen LogP contribution in [0.15, 0.2) is 0 Å². The van der Waals surface area contributed by atoms with Crippen LogP contribution in [-0.4, -0.2) is 36.3 Å². The van der Waals surface area contributed by atoms with Crippen molar-refractivity contribution >= 4 is 15.8 Å². The maximum absolute atomic E-state index is 12.4. The Labute approximate surface area is 109 Å². The van der Waals surface area contributed by atoms with E-state index in [2.05, 4.69) is 0 Å². The SMILES string of the molecule is O=C1CCCC[C@H]1[C@@H]1CCCN1S(=O)(=O)C1CC1. The summed E-state index contributed by atoms with van der Waals surface area (Å²) in [7, 11) is -3.11. The van der Waals surface area contributed by atoms with Crippen LogP contribution in [0.4, 0.5) is 0 Å². The topological polar surface area (TPSA) is 54.5 Å². The van der Waals surface area contributed by atoms with E-state index in [0.29, 0.717) is 18.7 Å². The molecule has 3 fully saturated rings. The first-order valence-electron chi connectivity index (χ1n) is 7.14. The van der Waals surface area contributed by atoms with E-state index in [1.165, 1.54) is 0 Å². The van der Waals surface area contributed by atoms with Gasteiger partial charge in [0.15, 0.2) is 0 Å². The number of Topliss-reactive ketones (excluding diaryl/α,β-unsaturated/α-hetero) is 1. The van der Waals surface area contributed by atoms with Gasteiger partial charge in [-0.2, -0.15) is 4.31 Å². The summed E-state index contributed by atoms with van der Waals surface area (Å²) in [6, 6.07) is -0.0246. The lowest BCUT2D eigenvalue weighted by Crippen LogP contribution is -2.44. The Kier molecular flexibility index (Phi) is 3.22. The molecule has 5 heteroatoms. The monoisotopic (exact) mass is 271 g/mol. The minimum atomic E-state index is -3.11. The van der Waals surface area contributed by atoms with Crippen LogP contribution in [-0.2, 0) is 14.8 Å². The summed E-state index contributed by atoms with van der Waals surface area (Å²) < 4.78 is 26.4. The number of nitrogens with zero attached hydrogens (tertiary/aromatic N) is 1. The molecule has 2 aliphatic carbocycles. The highest BCUT2D eigenvalue weighted by molar-refractivity contribution is 7.90. The summed E-state index contributed by atoms with van der Waals surface area (Å²) in [5.74, 6) is 0.277. The molecule has 1 saturated heterocycles. The third-order valence-electron chi connectivity index (χ3n) is 4.59. The predicted octanol–water partition coefficient (Wildman–Crippen LogP) is 1.70. The Morgan fingerprint density at radius 3 is 2.44 bits per heavy atom. The fourth-order valence-electron chi connectivity index (χ4n) is 3.46. The van der Waals surface area contributed by atoms with Crippen molar-refractivity contribution in [3.8, 4) is 0 Å². The van der Waals surface area contributed by atoms with E-state index in [0.717, 1.165) is 44.9 Å². The van der Waals surface area contributed by atoms with E-state index in [1.807, 2.05) is 0 Å². The van der Waals surface area contributed by atoms with Crippen LogP contribution in [0.5, 0.6) is 0 Å². The average Bonchev–Trinajstić information content (AvgIpc) is 3.09. The molecule has 0 aromatic carbocycles. The van der Waals surface area contributed by atoms with E-state index in [1.54, 1.807) is 4.31 Å². The van der Waals surface area contributed by atoms with Crippen LogP contribution < -0.4 is 0 Å². The number of hydrogen-bond donors (Lipinski definition) is 0. The van der Waals surface area contributed by atoms with Gasteiger partial charge in [0.1, 0.15) is 5.78 Å². The van der Waals surface area contributed by atoms with E-state index in [9.17, 15) is 13.2 Å². The molecule has 0 aromatic heterocycles. The van der Waals surface area contributed by atoms with Gasteiger partial charge >= 0.3 is 0 Å². The van der Waals surface area contributed by atoms with Crippen molar-refractivity contribution in [1.82, 2.24) is 4.31 Å². The second-order valence-electron chi connectivity index (χ2n) is 5.88. The molecule has 3 rings (SSSR count). The summed E-state index contributed by atoms with van der Waals surface area (Å²) in [5, 5.41) is -0.142. The van der Waals surface area contributed by atoms with Gasteiger partial charge in [-0.3, -0.25) is 4.79 Å². The van der Waals surface area contributed by atoms with Crippen molar-refractivity contribution in [3.05, 3.63) is 0 Å². The van der Waals surface area contributed by atoms with Crippen LogP contribution in [0, 0.1) is 5.92 Å². The van der Waals surface area contributed by atoms with Gasteiger partial charge in [-0.05, 0) is 38.5 Å². The molecule has 4 nitrogen and oxygen atoms in total. The Morgan fingerprint density at radius 2 is 1.78 bits per heavy atom. The molecule has 0 spiro atoms. The highest BCUT2D eigenvalue weighted by Crippen LogP contribution is 2.39. The number of rotatable bonds is 3. The van der Waals surface area contributed by atoms with Crippen molar-refractivity contribution in [2.24, 2.45) is 5.92 Å². The summed E-state index contributed by atoms with van der Waals surface area (Å²) in [5.41, 5.74) is 0. The molecule has 3 aliphatic rings. The largest absolute Gasteiger partial charge is 0.299 e. The molecule has 2 atom stereocenters. The second kappa shape index (κ2) is 4.60. The quantitative estimate of drug-likeness (QED) is 0.785. The predicted molar refractivity (Wildman–Crippen MR) is 68.6 cm³/mol. The normalized spacial score (nSPS) is 35.0. The summed E-state index contributed by atoms with van der Waals surface area (Å²) in [4.78, 5) is 12.0. The van der Waals surface area contributed by atoms with Gasteiger partial charge in [0.05, 0.1) is 5.25 Å².